The number of ether oxygens (including phenoxy) is 1. The Hall–Kier alpha value is -2.33. The summed E-state index contributed by atoms with van der Waals surface area (Å²) in [6.45, 7) is 6.18. The normalized spacial score (nSPS) is 13.1. The molecule has 0 spiro atoms. The molecule has 0 saturated heterocycles. The molecule has 2 N–H and O–H groups in total. The van der Waals surface area contributed by atoms with Crippen LogP contribution in [0.5, 0.6) is 5.75 Å². The molecular weight excluding hydrogens is 327 g/mol. The van der Waals surface area contributed by atoms with Crippen LogP contribution in [0, 0.1) is 0 Å². The lowest BCUT2D eigenvalue weighted by molar-refractivity contribution is 0.204. The van der Waals surface area contributed by atoms with Gasteiger partial charge in [-0.1, -0.05) is 30.3 Å². The second-order valence-corrected chi connectivity index (χ2v) is 7.50. The Morgan fingerprint density at radius 3 is 2.65 bits per heavy atom. The number of alkyl halides is 1. The highest BCUT2D eigenvalue weighted by Gasteiger charge is 2.17. The lowest BCUT2D eigenvalue weighted by Crippen LogP contribution is -2.37. The molecule has 0 amide bonds. The highest BCUT2D eigenvalue weighted by molar-refractivity contribution is 5.84. The van der Waals surface area contributed by atoms with Crippen LogP contribution < -0.4 is 10.1 Å². The van der Waals surface area contributed by atoms with E-state index < -0.39 is 5.67 Å². The molecule has 1 heterocycles. The Kier molecular flexibility index (Phi) is 5.62. The van der Waals surface area contributed by atoms with Gasteiger partial charge in [-0.15, -0.1) is 0 Å². The van der Waals surface area contributed by atoms with Crippen LogP contribution in [0.3, 0.4) is 0 Å². The molecular formula is C22H27FN2O. The summed E-state index contributed by atoms with van der Waals surface area (Å²) >= 11 is 0. The Morgan fingerprint density at radius 1 is 1.15 bits per heavy atom. The zero-order valence-corrected chi connectivity index (χ0v) is 15.7. The van der Waals surface area contributed by atoms with Crippen LogP contribution in [0.25, 0.3) is 10.9 Å². The number of rotatable bonds is 8. The molecule has 0 saturated carbocycles. The van der Waals surface area contributed by atoms with Crippen molar-refractivity contribution in [2.24, 2.45) is 0 Å². The average molecular weight is 354 g/mol. The zero-order valence-electron chi connectivity index (χ0n) is 15.7. The summed E-state index contributed by atoms with van der Waals surface area (Å²) in [7, 11) is 0. The van der Waals surface area contributed by atoms with Crippen molar-refractivity contribution in [1.82, 2.24) is 10.3 Å². The number of benzene rings is 2. The number of hydrogen-bond acceptors (Lipinski definition) is 2. The summed E-state index contributed by atoms with van der Waals surface area (Å²) in [4.78, 5) is 3.32. The van der Waals surface area contributed by atoms with Gasteiger partial charge in [0.2, 0.25) is 0 Å². The first-order valence-electron chi connectivity index (χ1n) is 9.10. The molecule has 1 aromatic heterocycles. The van der Waals surface area contributed by atoms with Gasteiger partial charge in [0.05, 0.1) is 0 Å². The van der Waals surface area contributed by atoms with Gasteiger partial charge in [0.15, 0.2) is 0 Å². The molecule has 0 aliphatic heterocycles. The third kappa shape index (κ3) is 5.09. The summed E-state index contributed by atoms with van der Waals surface area (Å²) in [5, 5.41) is 4.45. The minimum atomic E-state index is -1.19. The number of aromatic nitrogens is 1. The first-order valence-corrected chi connectivity index (χ1v) is 9.10. The fourth-order valence-electron chi connectivity index (χ4n) is 2.98. The molecule has 0 aliphatic rings. The van der Waals surface area contributed by atoms with E-state index in [0.717, 1.165) is 23.3 Å². The van der Waals surface area contributed by atoms with Crippen LogP contribution in [0.15, 0.2) is 54.7 Å². The molecule has 26 heavy (non-hydrogen) atoms. The Labute approximate surface area is 154 Å². The molecule has 138 valence electrons. The van der Waals surface area contributed by atoms with E-state index >= 15 is 0 Å². The second-order valence-electron chi connectivity index (χ2n) is 7.50. The Balaban J connectivity index is 1.63. The van der Waals surface area contributed by atoms with Gasteiger partial charge in [0.1, 0.15) is 18.0 Å². The smallest absolute Gasteiger partial charge is 0.121 e. The molecule has 2 aromatic carbocycles. The van der Waals surface area contributed by atoms with Gasteiger partial charge in [0, 0.05) is 35.8 Å². The third-order valence-electron chi connectivity index (χ3n) is 4.38. The molecule has 0 aliphatic carbocycles. The molecule has 4 heteroatoms. The predicted octanol–water partition coefficient (Wildman–Crippen LogP) is 5.02. The number of nitrogens with one attached hydrogen (secondary N) is 2. The first kappa shape index (κ1) is 18.5. The van der Waals surface area contributed by atoms with E-state index in [1.165, 1.54) is 10.9 Å². The van der Waals surface area contributed by atoms with Crippen molar-refractivity contribution in [3.8, 4) is 5.75 Å². The van der Waals surface area contributed by atoms with Crippen LogP contribution in [0.2, 0.25) is 0 Å². The van der Waals surface area contributed by atoms with Crippen LogP contribution in [-0.4, -0.2) is 23.2 Å². The number of aromatic amines is 1. The molecule has 0 radical (unpaired) electrons. The minimum absolute atomic E-state index is 0.207. The topological polar surface area (TPSA) is 37.0 Å². The van der Waals surface area contributed by atoms with Crippen molar-refractivity contribution in [2.75, 3.05) is 6.54 Å². The Bertz CT molecular complexity index is 836. The number of hydrogen-bond donors (Lipinski definition) is 2. The lowest BCUT2D eigenvalue weighted by Gasteiger charge is -2.19. The molecule has 1 atom stereocenters. The maximum absolute atomic E-state index is 13.6. The molecule has 3 nitrogen and oxygen atoms in total. The molecule has 3 rings (SSSR count). The van der Waals surface area contributed by atoms with Crippen molar-refractivity contribution in [1.29, 1.82) is 0 Å². The summed E-state index contributed by atoms with van der Waals surface area (Å²) < 4.78 is 19.5. The van der Waals surface area contributed by atoms with Gasteiger partial charge >= 0.3 is 0 Å². The van der Waals surface area contributed by atoms with Gasteiger partial charge in [-0.25, -0.2) is 4.39 Å². The minimum Gasteiger partial charge on any atom is -0.489 e. The Morgan fingerprint density at radius 2 is 1.92 bits per heavy atom. The molecule has 0 fully saturated rings. The average Bonchev–Trinajstić information content (AvgIpc) is 3.01. The summed E-state index contributed by atoms with van der Waals surface area (Å²) in [5.41, 5.74) is 2.24. The van der Waals surface area contributed by atoms with Crippen molar-refractivity contribution in [2.45, 2.75) is 45.5 Å². The third-order valence-corrected chi connectivity index (χ3v) is 4.38. The summed E-state index contributed by atoms with van der Waals surface area (Å²) in [6, 6.07) is 16.5. The standard InChI is InChI=1S/C22H27FN2O/c1-16(25-15-22(2,3)23)11-18-13-24-21-12-19(9-10-20(18)21)26-14-17-7-5-4-6-8-17/h4-10,12-13,16,24-25H,11,14-15H2,1-3H3. The van der Waals surface area contributed by atoms with Gasteiger partial charge in [-0.05, 0) is 50.5 Å². The zero-order chi connectivity index (χ0) is 18.6. The van der Waals surface area contributed by atoms with Crippen LogP contribution in [0.4, 0.5) is 4.39 Å². The number of H-pyrrole nitrogens is 1. The van der Waals surface area contributed by atoms with Crippen LogP contribution >= 0.6 is 0 Å². The van der Waals surface area contributed by atoms with Crippen molar-refractivity contribution in [3.63, 3.8) is 0 Å². The van der Waals surface area contributed by atoms with Gasteiger partial charge in [-0.3, -0.25) is 0 Å². The van der Waals surface area contributed by atoms with Crippen LogP contribution in [0.1, 0.15) is 31.9 Å². The molecule has 1 unspecified atom stereocenters. The number of fused-ring (bicyclic) bond motifs is 1. The number of halogens is 1. The van der Waals surface area contributed by atoms with Crippen LogP contribution in [-0.2, 0) is 13.0 Å². The maximum atomic E-state index is 13.6. The van der Waals surface area contributed by atoms with E-state index in [1.54, 1.807) is 13.8 Å². The fourth-order valence-corrected chi connectivity index (χ4v) is 2.98. The van der Waals surface area contributed by atoms with E-state index in [1.807, 2.05) is 36.5 Å². The van der Waals surface area contributed by atoms with Gasteiger partial charge < -0.3 is 15.0 Å². The van der Waals surface area contributed by atoms with Gasteiger partial charge in [-0.2, -0.15) is 0 Å². The fraction of sp³-hybridized carbons (Fsp3) is 0.364. The highest BCUT2D eigenvalue weighted by atomic mass is 19.1. The lowest BCUT2D eigenvalue weighted by atomic mass is 10.0. The predicted molar refractivity (Wildman–Crippen MR) is 105 cm³/mol. The monoisotopic (exact) mass is 354 g/mol. The molecule has 3 aromatic rings. The van der Waals surface area contributed by atoms with E-state index in [2.05, 4.69) is 35.4 Å². The molecule has 0 bridgehead atoms. The van der Waals surface area contributed by atoms with Crippen molar-refractivity contribution < 1.29 is 9.13 Å². The van der Waals surface area contributed by atoms with Crippen molar-refractivity contribution >= 4 is 10.9 Å². The largest absolute Gasteiger partial charge is 0.489 e. The van der Waals surface area contributed by atoms with E-state index in [4.69, 9.17) is 4.74 Å². The first-order chi connectivity index (χ1) is 12.4. The maximum Gasteiger partial charge on any atom is 0.121 e. The van der Waals surface area contributed by atoms with E-state index in [-0.39, 0.29) is 6.04 Å². The summed E-state index contributed by atoms with van der Waals surface area (Å²) in [6.07, 6.45) is 2.88. The van der Waals surface area contributed by atoms with Gasteiger partial charge in [0.25, 0.3) is 0 Å². The summed E-state index contributed by atoms with van der Waals surface area (Å²) in [5.74, 6) is 0.847. The highest BCUT2D eigenvalue weighted by Crippen LogP contribution is 2.25. The SMILES string of the molecule is CC(Cc1c[nH]c2cc(OCc3ccccc3)ccc12)NCC(C)(C)F. The van der Waals surface area contributed by atoms with E-state index in [9.17, 15) is 4.39 Å². The van der Waals surface area contributed by atoms with Crippen molar-refractivity contribution in [3.05, 3.63) is 65.9 Å². The second kappa shape index (κ2) is 7.92. The van der Waals surface area contributed by atoms with E-state index in [0.29, 0.717) is 13.2 Å². The quantitative estimate of drug-likeness (QED) is 0.596.